The summed E-state index contributed by atoms with van der Waals surface area (Å²) in [5.74, 6) is 0.447. The number of carbonyl (C=O) groups is 1. The average molecular weight is 363 g/mol. The van der Waals surface area contributed by atoms with Crippen molar-refractivity contribution < 1.29 is 9.53 Å². The lowest BCUT2D eigenvalue weighted by atomic mass is 10.1. The number of ether oxygens (including phenoxy) is 1. The lowest BCUT2D eigenvalue weighted by Crippen LogP contribution is -2.42. The van der Waals surface area contributed by atoms with E-state index in [2.05, 4.69) is 20.5 Å². The highest BCUT2D eigenvalue weighted by molar-refractivity contribution is 5.97. The number of pyridine rings is 1. The third kappa shape index (κ3) is 3.81. The van der Waals surface area contributed by atoms with Crippen LogP contribution in [0.5, 0.6) is 5.88 Å². The van der Waals surface area contributed by atoms with E-state index in [0.717, 1.165) is 24.8 Å². The van der Waals surface area contributed by atoms with E-state index in [1.165, 1.54) is 4.80 Å². The van der Waals surface area contributed by atoms with Crippen molar-refractivity contribution in [3.05, 3.63) is 66.1 Å². The lowest BCUT2D eigenvalue weighted by molar-refractivity contribution is 0.0890. The predicted molar refractivity (Wildman–Crippen MR) is 99.9 cm³/mol. The lowest BCUT2D eigenvalue weighted by Gasteiger charge is -2.22. The van der Waals surface area contributed by atoms with Crippen LogP contribution in [0, 0.1) is 6.92 Å². The zero-order valence-electron chi connectivity index (χ0n) is 15.1. The third-order valence-corrected chi connectivity index (χ3v) is 4.71. The molecule has 3 aromatic rings. The molecule has 0 unspecified atom stereocenters. The topological polar surface area (TPSA) is 81.9 Å². The first-order valence-electron chi connectivity index (χ1n) is 9.06. The van der Waals surface area contributed by atoms with Gasteiger partial charge in [0.25, 0.3) is 5.91 Å². The number of amides is 1. The minimum atomic E-state index is -0.152. The molecule has 1 aliphatic rings. The monoisotopic (exact) mass is 363 g/mol. The number of aryl methyl sites for hydroxylation is 1. The van der Waals surface area contributed by atoms with Gasteiger partial charge in [0, 0.05) is 12.3 Å². The molecule has 0 aliphatic heterocycles. The van der Waals surface area contributed by atoms with Crippen molar-refractivity contribution in [3.63, 3.8) is 0 Å². The minimum Gasteiger partial charge on any atom is -0.472 e. The molecule has 1 saturated carbocycles. The summed E-state index contributed by atoms with van der Waals surface area (Å²) < 4.78 is 6.05. The van der Waals surface area contributed by atoms with Gasteiger partial charge in [0.05, 0.1) is 29.7 Å². The quantitative estimate of drug-likeness (QED) is 0.754. The number of hydrogen-bond acceptors (Lipinski definition) is 5. The predicted octanol–water partition coefficient (Wildman–Crippen LogP) is 2.70. The molecular weight excluding hydrogens is 342 g/mol. The van der Waals surface area contributed by atoms with E-state index in [4.69, 9.17) is 4.74 Å². The fourth-order valence-electron chi connectivity index (χ4n) is 3.39. The Hall–Kier alpha value is -3.22. The molecule has 2 heterocycles. The Morgan fingerprint density at radius 3 is 2.78 bits per heavy atom. The van der Waals surface area contributed by atoms with Crippen molar-refractivity contribution in [2.75, 3.05) is 0 Å². The van der Waals surface area contributed by atoms with Gasteiger partial charge >= 0.3 is 0 Å². The zero-order chi connectivity index (χ0) is 18.6. The maximum absolute atomic E-state index is 12.9. The fraction of sp³-hybridized carbons (Fsp3) is 0.300. The maximum atomic E-state index is 12.9. The zero-order valence-corrected chi connectivity index (χ0v) is 15.1. The van der Waals surface area contributed by atoms with Crippen LogP contribution in [0.3, 0.4) is 0 Å². The van der Waals surface area contributed by atoms with Crippen molar-refractivity contribution in [1.29, 1.82) is 0 Å². The number of carbonyl (C=O) groups excluding carboxylic acids is 1. The highest BCUT2D eigenvalue weighted by atomic mass is 16.5. The number of nitrogens with one attached hydrogen (secondary N) is 1. The van der Waals surface area contributed by atoms with E-state index < -0.39 is 0 Å². The number of para-hydroxylation sites is 1. The van der Waals surface area contributed by atoms with E-state index in [-0.39, 0.29) is 18.1 Å². The summed E-state index contributed by atoms with van der Waals surface area (Å²) in [5, 5.41) is 11.4. The Balaban J connectivity index is 1.49. The van der Waals surface area contributed by atoms with Crippen molar-refractivity contribution in [1.82, 2.24) is 25.3 Å². The highest BCUT2D eigenvalue weighted by Crippen LogP contribution is 2.25. The van der Waals surface area contributed by atoms with Crippen LogP contribution in [0.25, 0.3) is 5.69 Å². The summed E-state index contributed by atoms with van der Waals surface area (Å²) in [6.07, 6.45) is 7.60. The summed E-state index contributed by atoms with van der Waals surface area (Å²) in [6.45, 7) is 2.00. The molecule has 2 atom stereocenters. The van der Waals surface area contributed by atoms with Gasteiger partial charge in [-0.15, -0.1) is 0 Å². The fourth-order valence-corrected chi connectivity index (χ4v) is 3.39. The van der Waals surface area contributed by atoms with E-state index in [1.54, 1.807) is 24.7 Å². The van der Waals surface area contributed by atoms with Crippen LogP contribution in [-0.4, -0.2) is 38.0 Å². The van der Waals surface area contributed by atoms with Gasteiger partial charge in [0.2, 0.25) is 5.88 Å². The molecule has 1 aliphatic carbocycles. The molecule has 0 spiro atoms. The van der Waals surface area contributed by atoms with Crippen LogP contribution in [-0.2, 0) is 0 Å². The van der Waals surface area contributed by atoms with Crippen molar-refractivity contribution in [3.8, 4) is 11.6 Å². The second-order valence-electron chi connectivity index (χ2n) is 6.67. The summed E-state index contributed by atoms with van der Waals surface area (Å²) >= 11 is 0. The van der Waals surface area contributed by atoms with Gasteiger partial charge in [0.1, 0.15) is 6.10 Å². The van der Waals surface area contributed by atoms with Gasteiger partial charge in [-0.05, 0) is 49.9 Å². The largest absolute Gasteiger partial charge is 0.472 e. The summed E-state index contributed by atoms with van der Waals surface area (Å²) in [6, 6.07) is 11.1. The molecule has 27 heavy (non-hydrogen) atoms. The van der Waals surface area contributed by atoms with E-state index >= 15 is 0 Å². The van der Waals surface area contributed by atoms with Crippen LogP contribution in [0.1, 0.15) is 35.2 Å². The van der Waals surface area contributed by atoms with Crippen LogP contribution in [0.2, 0.25) is 0 Å². The molecule has 138 valence electrons. The van der Waals surface area contributed by atoms with E-state index in [9.17, 15) is 4.79 Å². The van der Waals surface area contributed by atoms with Gasteiger partial charge in [0.15, 0.2) is 0 Å². The normalized spacial score (nSPS) is 19.0. The number of benzene rings is 1. The summed E-state index contributed by atoms with van der Waals surface area (Å²) in [5.41, 5.74) is 2.28. The van der Waals surface area contributed by atoms with Crippen molar-refractivity contribution in [2.24, 2.45) is 0 Å². The molecule has 2 aromatic heterocycles. The van der Waals surface area contributed by atoms with Gasteiger partial charge in [-0.1, -0.05) is 12.1 Å². The molecule has 0 bridgehead atoms. The molecule has 7 heteroatoms. The Bertz CT molecular complexity index is 926. The Morgan fingerprint density at radius 1 is 1.15 bits per heavy atom. The first-order chi connectivity index (χ1) is 13.2. The molecule has 7 nitrogen and oxygen atoms in total. The summed E-state index contributed by atoms with van der Waals surface area (Å²) in [7, 11) is 0. The van der Waals surface area contributed by atoms with Crippen LogP contribution < -0.4 is 10.1 Å². The maximum Gasteiger partial charge on any atom is 0.253 e. The number of nitrogens with zero attached hydrogens (tertiary/aromatic N) is 4. The highest BCUT2D eigenvalue weighted by Gasteiger charge is 2.31. The molecule has 1 N–H and O–H groups in total. The van der Waals surface area contributed by atoms with Gasteiger partial charge in [-0.3, -0.25) is 4.79 Å². The van der Waals surface area contributed by atoms with Crippen molar-refractivity contribution in [2.45, 2.75) is 38.3 Å². The molecular formula is C20H21N5O2. The third-order valence-electron chi connectivity index (χ3n) is 4.71. The first kappa shape index (κ1) is 17.2. The molecule has 0 radical (unpaired) electrons. The first-order valence-corrected chi connectivity index (χ1v) is 9.06. The molecule has 0 saturated heterocycles. The summed E-state index contributed by atoms with van der Waals surface area (Å²) in [4.78, 5) is 18.6. The molecule has 1 aromatic carbocycles. The second-order valence-corrected chi connectivity index (χ2v) is 6.67. The average Bonchev–Trinajstić information content (AvgIpc) is 3.34. The Morgan fingerprint density at radius 2 is 1.96 bits per heavy atom. The van der Waals surface area contributed by atoms with E-state index in [1.807, 2.05) is 37.3 Å². The standard InChI is InChI=1S/C20H21N5O2/c1-14-9-10-21-19(13-14)27-18-8-4-6-16(18)24-20(26)15-5-2-3-7-17(15)25-22-11-12-23-25/h2-3,5,7,9-13,16,18H,4,6,8H2,1H3,(H,24,26)/t16-,18-/m0/s1. The smallest absolute Gasteiger partial charge is 0.253 e. The van der Waals surface area contributed by atoms with Gasteiger partial charge in [-0.2, -0.15) is 15.0 Å². The molecule has 4 rings (SSSR count). The number of rotatable bonds is 5. The number of hydrogen-bond donors (Lipinski definition) is 1. The molecule has 1 fully saturated rings. The van der Waals surface area contributed by atoms with Crippen LogP contribution in [0.15, 0.2) is 55.0 Å². The SMILES string of the molecule is Cc1ccnc(O[C@H]2CCC[C@@H]2NC(=O)c2ccccc2-n2nccn2)c1. The van der Waals surface area contributed by atoms with Crippen molar-refractivity contribution >= 4 is 5.91 Å². The van der Waals surface area contributed by atoms with Crippen LogP contribution in [0.4, 0.5) is 0 Å². The Kier molecular flexibility index (Phi) is 4.82. The van der Waals surface area contributed by atoms with Crippen LogP contribution >= 0.6 is 0 Å². The minimum absolute atomic E-state index is 0.0570. The van der Waals surface area contributed by atoms with E-state index in [0.29, 0.717) is 17.1 Å². The van der Waals surface area contributed by atoms with Gasteiger partial charge in [-0.25, -0.2) is 4.98 Å². The molecule has 1 amide bonds. The number of aromatic nitrogens is 4. The Labute approximate surface area is 157 Å². The second kappa shape index (κ2) is 7.57. The van der Waals surface area contributed by atoms with Gasteiger partial charge < -0.3 is 10.1 Å².